The Morgan fingerprint density at radius 1 is 1.54 bits per heavy atom. The van der Waals surface area contributed by atoms with Crippen LogP contribution in [0, 0.1) is 0 Å². The van der Waals surface area contributed by atoms with E-state index < -0.39 is 5.97 Å². The number of benzene rings is 1. The molecule has 0 fully saturated rings. The SMILES string of the molecule is CC(=O)Oc1cccc(C=O)c1N. The van der Waals surface area contributed by atoms with Crippen LogP contribution in [0.1, 0.15) is 17.3 Å². The maximum Gasteiger partial charge on any atom is 0.308 e. The number of para-hydroxylation sites is 1. The monoisotopic (exact) mass is 179 g/mol. The smallest absolute Gasteiger partial charge is 0.308 e. The van der Waals surface area contributed by atoms with Crippen LogP contribution in [0.2, 0.25) is 0 Å². The minimum Gasteiger partial charge on any atom is -0.424 e. The van der Waals surface area contributed by atoms with Crippen molar-refractivity contribution in [2.75, 3.05) is 5.73 Å². The Bertz CT molecular complexity index is 347. The molecule has 0 atom stereocenters. The summed E-state index contributed by atoms with van der Waals surface area (Å²) in [7, 11) is 0. The molecule has 13 heavy (non-hydrogen) atoms. The van der Waals surface area contributed by atoms with Gasteiger partial charge in [0, 0.05) is 12.5 Å². The van der Waals surface area contributed by atoms with E-state index in [0.717, 1.165) is 0 Å². The standard InChI is InChI=1S/C9H9NO3/c1-6(12)13-8-4-2-3-7(5-11)9(8)10/h2-5H,10H2,1H3. The van der Waals surface area contributed by atoms with E-state index >= 15 is 0 Å². The molecule has 4 nitrogen and oxygen atoms in total. The number of aldehydes is 1. The first-order valence-electron chi connectivity index (χ1n) is 3.67. The van der Waals surface area contributed by atoms with Gasteiger partial charge in [-0.2, -0.15) is 0 Å². The van der Waals surface area contributed by atoms with Gasteiger partial charge in [0.1, 0.15) is 0 Å². The first kappa shape index (κ1) is 9.25. The van der Waals surface area contributed by atoms with Gasteiger partial charge < -0.3 is 10.5 Å². The summed E-state index contributed by atoms with van der Waals surface area (Å²) in [6.45, 7) is 1.27. The molecule has 0 aliphatic carbocycles. The number of carbonyl (C=O) groups excluding carboxylic acids is 2. The van der Waals surface area contributed by atoms with E-state index in [9.17, 15) is 9.59 Å². The number of hydrogen-bond donors (Lipinski definition) is 1. The van der Waals surface area contributed by atoms with Crippen molar-refractivity contribution in [3.05, 3.63) is 23.8 Å². The van der Waals surface area contributed by atoms with Crippen LogP contribution in [0.5, 0.6) is 5.75 Å². The summed E-state index contributed by atoms with van der Waals surface area (Å²) in [6, 6.07) is 4.68. The molecular formula is C9H9NO3. The lowest BCUT2D eigenvalue weighted by atomic mass is 10.2. The number of nitrogen functional groups attached to an aromatic ring is 1. The number of carbonyl (C=O) groups is 2. The lowest BCUT2D eigenvalue weighted by Crippen LogP contribution is -2.05. The topological polar surface area (TPSA) is 69.4 Å². The lowest BCUT2D eigenvalue weighted by Gasteiger charge is -2.05. The fraction of sp³-hybridized carbons (Fsp3) is 0.111. The van der Waals surface area contributed by atoms with Gasteiger partial charge in [0.05, 0.1) is 5.69 Å². The van der Waals surface area contributed by atoms with Crippen molar-refractivity contribution in [2.45, 2.75) is 6.92 Å². The normalized spacial score (nSPS) is 9.31. The fourth-order valence-electron chi connectivity index (χ4n) is 0.908. The second-order valence-electron chi connectivity index (χ2n) is 2.47. The van der Waals surface area contributed by atoms with Crippen LogP contribution in [0.25, 0.3) is 0 Å². The van der Waals surface area contributed by atoms with Crippen molar-refractivity contribution in [3.63, 3.8) is 0 Å². The molecule has 0 amide bonds. The predicted molar refractivity (Wildman–Crippen MR) is 47.6 cm³/mol. The minimum absolute atomic E-state index is 0.188. The highest BCUT2D eigenvalue weighted by Gasteiger charge is 2.06. The molecule has 0 aliphatic heterocycles. The molecular weight excluding hydrogens is 170 g/mol. The Morgan fingerprint density at radius 2 is 2.23 bits per heavy atom. The molecule has 0 unspecified atom stereocenters. The summed E-state index contributed by atoms with van der Waals surface area (Å²) in [5, 5.41) is 0. The number of esters is 1. The number of rotatable bonds is 2. The molecule has 0 heterocycles. The van der Waals surface area contributed by atoms with Crippen molar-refractivity contribution in [2.24, 2.45) is 0 Å². The van der Waals surface area contributed by atoms with Crippen LogP contribution >= 0.6 is 0 Å². The maximum atomic E-state index is 10.6. The van der Waals surface area contributed by atoms with E-state index in [0.29, 0.717) is 11.8 Å². The predicted octanol–water partition coefficient (Wildman–Crippen LogP) is 1.01. The average molecular weight is 179 g/mol. The summed E-state index contributed by atoms with van der Waals surface area (Å²) in [4.78, 5) is 21.0. The van der Waals surface area contributed by atoms with Crippen LogP contribution < -0.4 is 10.5 Å². The summed E-state index contributed by atoms with van der Waals surface area (Å²) in [5.74, 6) is -0.244. The van der Waals surface area contributed by atoms with Crippen LogP contribution in [-0.2, 0) is 4.79 Å². The molecule has 0 saturated carbocycles. The fourth-order valence-corrected chi connectivity index (χ4v) is 0.908. The minimum atomic E-state index is -0.463. The lowest BCUT2D eigenvalue weighted by molar-refractivity contribution is -0.131. The highest BCUT2D eigenvalue weighted by Crippen LogP contribution is 2.23. The number of nitrogens with two attached hydrogens (primary N) is 1. The Hall–Kier alpha value is -1.84. The van der Waals surface area contributed by atoms with Gasteiger partial charge in [0.2, 0.25) is 0 Å². The Labute approximate surface area is 75.3 Å². The van der Waals surface area contributed by atoms with Crippen molar-refractivity contribution < 1.29 is 14.3 Å². The van der Waals surface area contributed by atoms with E-state index in [2.05, 4.69) is 0 Å². The van der Waals surface area contributed by atoms with Gasteiger partial charge in [-0.25, -0.2) is 0 Å². The molecule has 1 aromatic carbocycles. The zero-order valence-corrected chi connectivity index (χ0v) is 7.11. The van der Waals surface area contributed by atoms with Gasteiger partial charge in [-0.1, -0.05) is 6.07 Å². The van der Waals surface area contributed by atoms with E-state index in [1.54, 1.807) is 12.1 Å². The van der Waals surface area contributed by atoms with Gasteiger partial charge in [-0.15, -0.1) is 0 Å². The van der Waals surface area contributed by atoms with Crippen molar-refractivity contribution in [1.82, 2.24) is 0 Å². The summed E-state index contributed by atoms with van der Waals surface area (Å²) in [5.41, 5.74) is 6.04. The summed E-state index contributed by atoms with van der Waals surface area (Å²) in [6.07, 6.45) is 0.613. The van der Waals surface area contributed by atoms with Crippen LogP contribution in [0.15, 0.2) is 18.2 Å². The van der Waals surface area contributed by atoms with Gasteiger partial charge in [0.25, 0.3) is 0 Å². The second-order valence-corrected chi connectivity index (χ2v) is 2.47. The molecule has 0 aliphatic rings. The Morgan fingerprint density at radius 3 is 2.77 bits per heavy atom. The third-order valence-corrected chi connectivity index (χ3v) is 1.48. The molecule has 2 N–H and O–H groups in total. The van der Waals surface area contributed by atoms with Gasteiger partial charge >= 0.3 is 5.97 Å². The summed E-state index contributed by atoms with van der Waals surface area (Å²) < 4.78 is 4.76. The van der Waals surface area contributed by atoms with Crippen molar-refractivity contribution in [3.8, 4) is 5.75 Å². The zero-order chi connectivity index (χ0) is 9.84. The van der Waals surface area contributed by atoms with Crippen LogP contribution in [-0.4, -0.2) is 12.3 Å². The van der Waals surface area contributed by atoms with Crippen LogP contribution in [0.4, 0.5) is 5.69 Å². The largest absolute Gasteiger partial charge is 0.424 e. The Balaban J connectivity index is 3.07. The molecule has 0 bridgehead atoms. The average Bonchev–Trinajstić information content (AvgIpc) is 2.08. The molecule has 0 aromatic heterocycles. The first-order valence-corrected chi connectivity index (χ1v) is 3.67. The van der Waals surface area contributed by atoms with Gasteiger partial charge in [-0.05, 0) is 12.1 Å². The highest BCUT2D eigenvalue weighted by molar-refractivity contribution is 5.86. The number of anilines is 1. The van der Waals surface area contributed by atoms with E-state index in [4.69, 9.17) is 10.5 Å². The van der Waals surface area contributed by atoms with E-state index in [1.165, 1.54) is 13.0 Å². The molecule has 68 valence electrons. The highest BCUT2D eigenvalue weighted by atomic mass is 16.5. The van der Waals surface area contributed by atoms with Crippen molar-refractivity contribution in [1.29, 1.82) is 0 Å². The molecule has 1 aromatic rings. The third-order valence-electron chi connectivity index (χ3n) is 1.48. The molecule has 1 rings (SSSR count). The second kappa shape index (κ2) is 3.71. The molecule has 4 heteroatoms. The summed E-state index contributed by atoms with van der Waals surface area (Å²) >= 11 is 0. The van der Waals surface area contributed by atoms with Gasteiger partial charge in [0.15, 0.2) is 12.0 Å². The first-order chi connectivity index (χ1) is 6.15. The van der Waals surface area contributed by atoms with E-state index in [-0.39, 0.29) is 11.4 Å². The van der Waals surface area contributed by atoms with E-state index in [1.807, 2.05) is 0 Å². The number of hydrogen-bond acceptors (Lipinski definition) is 4. The molecule has 0 saturated heterocycles. The molecule has 0 spiro atoms. The maximum absolute atomic E-state index is 10.6. The molecule has 0 radical (unpaired) electrons. The quantitative estimate of drug-likeness (QED) is 0.318. The van der Waals surface area contributed by atoms with Crippen LogP contribution in [0.3, 0.4) is 0 Å². The van der Waals surface area contributed by atoms with Crippen molar-refractivity contribution >= 4 is 17.9 Å². The third kappa shape index (κ3) is 2.05. The Kier molecular flexibility index (Phi) is 2.64. The number of ether oxygens (including phenoxy) is 1. The van der Waals surface area contributed by atoms with Gasteiger partial charge in [-0.3, -0.25) is 9.59 Å². The zero-order valence-electron chi connectivity index (χ0n) is 7.11.